The number of amides is 2. The highest BCUT2D eigenvalue weighted by atomic mass is 16.6. The van der Waals surface area contributed by atoms with Crippen molar-refractivity contribution in [2.24, 2.45) is 11.8 Å². The van der Waals surface area contributed by atoms with Crippen molar-refractivity contribution in [1.29, 1.82) is 0 Å². The lowest BCUT2D eigenvalue weighted by atomic mass is 10.0. The molecule has 2 aliphatic carbocycles. The van der Waals surface area contributed by atoms with Gasteiger partial charge in [-0.15, -0.1) is 0 Å². The molecule has 1 unspecified atom stereocenters. The number of ether oxygens (including phenoxy) is 2. The second-order valence-corrected chi connectivity index (χ2v) is 7.98. The Bertz CT molecular complexity index is 719. The Morgan fingerprint density at radius 2 is 2.07 bits per heavy atom. The van der Waals surface area contributed by atoms with Crippen LogP contribution in [0.2, 0.25) is 0 Å². The van der Waals surface area contributed by atoms with Crippen molar-refractivity contribution in [2.45, 2.75) is 70.6 Å². The summed E-state index contributed by atoms with van der Waals surface area (Å²) in [5.74, 6) is 0.496. The predicted molar refractivity (Wildman–Crippen MR) is 101 cm³/mol. The first-order valence-corrected chi connectivity index (χ1v) is 9.79. The Balaban J connectivity index is 1.46. The van der Waals surface area contributed by atoms with Crippen LogP contribution in [0.5, 0.6) is 0 Å². The van der Waals surface area contributed by atoms with Crippen molar-refractivity contribution >= 4 is 24.3 Å². The molecule has 0 aliphatic heterocycles. The molecule has 0 saturated heterocycles. The van der Waals surface area contributed by atoms with Crippen LogP contribution in [0, 0.1) is 11.8 Å². The fourth-order valence-corrected chi connectivity index (χ4v) is 3.80. The average Bonchev–Trinajstić information content (AvgIpc) is 3.08. The summed E-state index contributed by atoms with van der Waals surface area (Å²) in [5.41, 5.74) is 0.927. The number of aromatic nitrogens is 2. The van der Waals surface area contributed by atoms with E-state index in [4.69, 9.17) is 9.47 Å². The minimum absolute atomic E-state index is 0.0440. The van der Waals surface area contributed by atoms with Crippen molar-refractivity contribution in [3.63, 3.8) is 0 Å². The lowest BCUT2D eigenvalue weighted by Gasteiger charge is -2.14. The van der Waals surface area contributed by atoms with Crippen molar-refractivity contribution in [1.82, 2.24) is 15.5 Å². The van der Waals surface area contributed by atoms with Crippen LogP contribution in [0.4, 0.5) is 10.6 Å². The summed E-state index contributed by atoms with van der Waals surface area (Å²) in [6, 6.07) is 1.88. The molecule has 9 heteroatoms. The van der Waals surface area contributed by atoms with Gasteiger partial charge in [0.2, 0.25) is 5.91 Å². The average molecular weight is 392 g/mol. The minimum Gasteiger partial charge on any atom is -0.465 e. The SMILES string of the molecule is CC(C)NC(=O)O[C@@H]1CC[C@H](c2cc(NC(=O)[C@H]3C[C@@H]3C(C)OC=O)n[nH]2)C1. The molecule has 1 heterocycles. The quantitative estimate of drug-likeness (QED) is 0.584. The van der Waals surface area contributed by atoms with Gasteiger partial charge in [0.25, 0.3) is 6.47 Å². The van der Waals surface area contributed by atoms with Gasteiger partial charge < -0.3 is 20.1 Å². The van der Waals surface area contributed by atoms with Gasteiger partial charge in [-0.05, 0) is 46.5 Å². The second-order valence-electron chi connectivity index (χ2n) is 7.98. The Labute approximate surface area is 163 Å². The summed E-state index contributed by atoms with van der Waals surface area (Å²) >= 11 is 0. The van der Waals surface area contributed by atoms with E-state index < -0.39 is 0 Å². The van der Waals surface area contributed by atoms with Crippen molar-refractivity contribution in [3.05, 3.63) is 11.8 Å². The van der Waals surface area contributed by atoms with Gasteiger partial charge in [0.15, 0.2) is 5.82 Å². The first kappa shape index (κ1) is 20.2. The Morgan fingerprint density at radius 1 is 1.29 bits per heavy atom. The zero-order chi connectivity index (χ0) is 20.3. The molecule has 0 spiro atoms. The molecule has 28 heavy (non-hydrogen) atoms. The van der Waals surface area contributed by atoms with Crippen LogP contribution in [-0.4, -0.2) is 46.9 Å². The van der Waals surface area contributed by atoms with Gasteiger partial charge in [0.05, 0.1) is 0 Å². The van der Waals surface area contributed by atoms with Gasteiger partial charge in [-0.2, -0.15) is 5.10 Å². The molecule has 0 radical (unpaired) electrons. The molecular formula is C19H28N4O5. The number of nitrogens with zero attached hydrogens (tertiary/aromatic N) is 1. The molecule has 5 atom stereocenters. The normalized spacial score (nSPS) is 27.1. The molecule has 1 aromatic rings. The number of alkyl carbamates (subject to hydrolysis) is 1. The molecule has 9 nitrogen and oxygen atoms in total. The summed E-state index contributed by atoms with van der Waals surface area (Å²) in [4.78, 5) is 34.5. The van der Waals surface area contributed by atoms with E-state index in [2.05, 4.69) is 20.8 Å². The first-order chi connectivity index (χ1) is 13.4. The monoisotopic (exact) mass is 392 g/mol. The van der Waals surface area contributed by atoms with E-state index in [1.165, 1.54) is 0 Å². The van der Waals surface area contributed by atoms with Crippen molar-refractivity contribution in [2.75, 3.05) is 5.32 Å². The van der Waals surface area contributed by atoms with Gasteiger partial charge in [-0.3, -0.25) is 14.7 Å². The first-order valence-electron chi connectivity index (χ1n) is 9.79. The highest BCUT2D eigenvalue weighted by Crippen LogP contribution is 2.43. The molecule has 1 aromatic heterocycles. The minimum atomic E-state index is -0.384. The number of carbonyl (C=O) groups is 3. The molecule has 0 bridgehead atoms. The molecule has 2 aliphatic rings. The standard InChI is InChI=1S/C19H28N4O5/c1-10(2)20-19(26)28-13-5-4-12(6-13)16-8-17(23-22-16)21-18(25)15-7-14(15)11(3)27-9-24/h8-15H,4-7H2,1-3H3,(H,20,26)(H2,21,22,23,25)/t11?,12-,13+,14+,15-/m0/s1. The number of rotatable bonds is 8. The molecule has 3 rings (SSSR count). The molecule has 154 valence electrons. The van der Waals surface area contributed by atoms with Crippen LogP contribution in [-0.2, 0) is 19.1 Å². The predicted octanol–water partition coefficient (Wildman–Crippen LogP) is 2.32. The Hall–Kier alpha value is -2.58. The zero-order valence-electron chi connectivity index (χ0n) is 16.4. The largest absolute Gasteiger partial charge is 0.465 e. The van der Waals surface area contributed by atoms with E-state index in [1.54, 1.807) is 6.92 Å². The van der Waals surface area contributed by atoms with Gasteiger partial charge in [-0.1, -0.05) is 0 Å². The third-order valence-corrected chi connectivity index (χ3v) is 5.40. The fraction of sp³-hybridized carbons (Fsp3) is 0.684. The number of hydrogen-bond donors (Lipinski definition) is 3. The summed E-state index contributed by atoms with van der Waals surface area (Å²) in [6.07, 6.45) is 2.37. The highest BCUT2D eigenvalue weighted by molar-refractivity contribution is 5.93. The maximum absolute atomic E-state index is 12.3. The highest BCUT2D eigenvalue weighted by Gasteiger charge is 2.47. The second kappa shape index (κ2) is 8.62. The fourth-order valence-electron chi connectivity index (χ4n) is 3.80. The molecule has 0 aromatic carbocycles. The van der Waals surface area contributed by atoms with Crippen LogP contribution in [0.1, 0.15) is 58.1 Å². The topological polar surface area (TPSA) is 122 Å². The van der Waals surface area contributed by atoms with Gasteiger partial charge in [-0.25, -0.2) is 4.79 Å². The summed E-state index contributed by atoms with van der Waals surface area (Å²) in [7, 11) is 0. The van der Waals surface area contributed by atoms with E-state index in [-0.39, 0.29) is 48.0 Å². The molecule has 3 N–H and O–H groups in total. The van der Waals surface area contributed by atoms with Crippen LogP contribution >= 0.6 is 0 Å². The van der Waals surface area contributed by atoms with Crippen molar-refractivity contribution in [3.8, 4) is 0 Å². The Morgan fingerprint density at radius 3 is 2.79 bits per heavy atom. The van der Waals surface area contributed by atoms with Crippen molar-refractivity contribution < 1.29 is 23.9 Å². The number of hydrogen-bond acceptors (Lipinski definition) is 6. The van der Waals surface area contributed by atoms with Crippen LogP contribution in [0.25, 0.3) is 0 Å². The third-order valence-electron chi connectivity index (χ3n) is 5.40. The number of aromatic amines is 1. The number of nitrogens with one attached hydrogen (secondary N) is 3. The van der Waals surface area contributed by atoms with Crippen LogP contribution in [0.3, 0.4) is 0 Å². The van der Waals surface area contributed by atoms with E-state index in [1.807, 2.05) is 19.9 Å². The Kier molecular flexibility index (Phi) is 6.21. The van der Waals surface area contributed by atoms with Crippen LogP contribution in [0.15, 0.2) is 6.07 Å². The van der Waals surface area contributed by atoms with E-state index >= 15 is 0 Å². The lowest BCUT2D eigenvalue weighted by molar-refractivity contribution is -0.134. The third kappa shape index (κ3) is 5.02. The van der Waals surface area contributed by atoms with Gasteiger partial charge in [0.1, 0.15) is 12.2 Å². The molecular weight excluding hydrogens is 364 g/mol. The van der Waals surface area contributed by atoms with E-state index in [0.29, 0.717) is 18.7 Å². The number of anilines is 1. The summed E-state index contributed by atoms with van der Waals surface area (Å²) in [5, 5.41) is 12.7. The molecule has 2 saturated carbocycles. The van der Waals surface area contributed by atoms with Crippen LogP contribution < -0.4 is 10.6 Å². The maximum Gasteiger partial charge on any atom is 0.407 e. The summed E-state index contributed by atoms with van der Waals surface area (Å²) < 4.78 is 10.4. The summed E-state index contributed by atoms with van der Waals surface area (Å²) in [6.45, 7) is 5.99. The molecule has 2 fully saturated rings. The number of carbonyl (C=O) groups excluding carboxylic acids is 3. The van der Waals surface area contributed by atoms with Gasteiger partial charge in [0, 0.05) is 35.6 Å². The van der Waals surface area contributed by atoms with E-state index in [9.17, 15) is 14.4 Å². The zero-order valence-corrected chi connectivity index (χ0v) is 16.4. The lowest BCUT2D eigenvalue weighted by Crippen LogP contribution is -2.33. The number of H-pyrrole nitrogens is 1. The smallest absolute Gasteiger partial charge is 0.407 e. The molecule has 2 amide bonds. The maximum atomic E-state index is 12.3. The van der Waals surface area contributed by atoms with Gasteiger partial charge >= 0.3 is 6.09 Å². The van der Waals surface area contributed by atoms with E-state index in [0.717, 1.165) is 25.0 Å².